The van der Waals surface area contributed by atoms with E-state index in [2.05, 4.69) is 24.3 Å². The third kappa shape index (κ3) is 4.34. The predicted molar refractivity (Wildman–Crippen MR) is 25.4 cm³/mol. The molecule has 24 valence electrons. The summed E-state index contributed by atoms with van der Waals surface area (Å²) in [4.78, 5) is 0. The van der Waals surface area contributed by atoms with Crippen molar-refractivity contribution in [3.8, 4) is 0 Å². The van der Waals surface area contributed by atoms with Crippen molar-refractivity contribution < 1.29 is 0 Å². The zero-order chi connectivity index (χ0) is 4.12. The van der Waals surface area contributed by atoms with Crippen molar-refractivity contribution in [3.05, 3.63) is 12.7 Å². The Bertz CT molecular complexity index is 24.8. The molecule has 0 spiro atoms. The summed E-state index contributed by atoms with van der Waals surface area (Å²) in [7, 11) is 0. The quantitative estimate of drug-likeness (QED) is 0.332. The second-order valence-electron chi connectivity index (χ2n) is 1.08. The first-order chi connectivity index (χ1) is 2.41. The molecule has 0 fully saturated rings. The van der Waals surface area contributed by atoms with E-state index in [4.69, 9.17) is 0 Å². The van der Waals surface area contributed by atoms with Crippen LogP contribution in [0.4, 0.5) is 0 Å². The van der Waals surface area contributed by atoms with Crippen LogP contribution < -0.4 is 0 Å². The van der Waals surface area contributed by atoms with Crippen LogP contribution in [0.3, 0.4) is 0 Å². The van der Waals surface area contributed by atoms with Crippen molar-refractivity contribution in [2.45, 2.75) is 11.5 Å². The van der Waals surface area contributed by atoms with Crippen LogP contribution in [-0.4, -0.2) is 17.7 Å². The van der Waals surface area contributed by atoms with Crippen molar-refractivity contribution in [2.24, 2.45) is 0 Å². The van der Waals surface area contributed by atoms with E-state index in [1.54, 1.807) is 0 Å². The molecule has 0 amide bonds. The molecular weight excluding hydrogens is 55.0 g/mol. The molecule has 0 radical (unpaired) electrons. The molecule has 0 N–H and O–H groups in total. The van der Waals surface area contributed by atoms with Gasteiger partial charge in [-0.25, -0.2) is 0 Å². The fourth-order valence-electron chi connectivity index (χ4n) is 0.204. The minimum atomic E-state index is 1.15. The fraction of sp³-hybridized carbons (Fsp3) is 0.500. The van der Waals surface area contributed by atoms with E-state index < -0.39 is 0 Å². The van der Waals surface area contributed by atoms with Crippen LogP contribution in [-0.2, 0) is 0 Å². The molecule has 0 aromatic carbocycles. The fourth-order valence-corrected chi connectivity index (χ4v) is 0.204. The molecule has 0 saturated heterocycles. The first-order valence-corrected chi connectivity index (χ1v) is 2.02. The molecule has 1 heteroatoms. The Morgan fingerprint density at radius 2 is 2.40 bits per heavy atom. The zero-order valence-electron chi connectivity index (χ0n) is 3.70. The van der Waals surface area contributed by atoms with Crippen LogP contribution in [0.15, 0.2) is 12.7 Å². The second-order valence-corrected chi connectivity index (χ2v) is 1.08. The molecule has 0 aromatic rings. The Hall–Kier alpha value is 0.337. The molecule has 5 heavy (non-hydrogen) atoms. The van der Waals surface area contributed by atoms with E-state index in [9.17, 15) is 0 Å². The van der Waals surface area contributed by atoms with Crippen LogP contribution in [0, 0.1) is 0 Å². The van der Waals surface area contributed by atoms with E-state index in [1.807, 2.05) is 6.08 Å². The first kappa shape index (κ1) is 5.34. The molecule has 0 rings (SSSR count). The molecular formula is C4H7Li. The SMILES string of the molecule is [Li][CH2]CC=C. The Labute approximate surface area is 42.5 Å². The Balaban J connectivity index is 2.40. The summed E-state index contributed by atoms with van der Waals surface area (Å²) in [6.07, 6.45) is 3.08. The van der Waals surface area contributed by atoms with Gasteiger partial charge in [0.25, 0.3) is 0 Å². The summed E-state index contributed by atoms with van der Waals surface area (Å²) in [5, 5.41) is 1.23. The summed E-state index contributed by atoms with van der Waals surface area (Å²) in [6.45, 7) is 3.55. The average Bonchev–Trinajstić information content (AvgIpc) is 1.41. The molecule has 0 bridgehead atoms. The summed E-state index contributed by atoms with van der Waals surface area (Å²) < 4.78 is 0. The van der Waals surface area contributed by atoms with Gasteiger partial charge >= 0.3 is 41.9 Å². The molecule has 0 saturated carbocycles. The molecule has 0 heterocycles. The maximum atomic E-state index is 3.55. The Morgan fingerprint density at radius 3 is 2.40 bits per heavy atom. The number of hydrogen-bond acceptors (Lipinski definition) is 0. The molecule has 0 atom stereocenters. The van der Waals surface area contributed by atoms with E-state index in [1.165, 1.54) is 5.09 Å². The van der Waals surface area contributed by atoms with Gasteiger partial charge in [0, 0.05) is 0 Å². The van der Waals surface area contributed by atoms with Crippen LogP contribution >= 0.6 is 0 Å². The first-order valence-electron chi connectivity index (χ1n) is 2.02. The third-order valence-electron chi connectivity index (χ3n) is 0.493. The summed E-state index contributed by atoms with van der Waals surface area (Å²) >= 11 is 2.14. The van der Waals surface area contributed by atoms with Crippen molar-refractivity contribution in [2.75, 3.05) is 0 Å². The van der Waals surface area contributed by atoms with Crippen LogP contribution in [0.2, 0.25) is 5.09 Å². The number of allylic oxidation sites excluding steroid dienone is 1. The molecule has 0 unspecified atom stereocenters. The predicted octanol–water partition coefficient (Wildman–Crippen LogP) is 1.15. The molecule has 0 aromatic heterocycles. The van der Waals surface area contributed by atoms with Crippen molar-refractivity contribution in [3.63, 3.8) is 0 Å². The van der Waals surface area contributed by atoms with Gasteiger partial charge in [0.15, 0.2) is 0 Å². The topological polar surface area (TPSA) is 0 Å². The van der Waals surface area contributed by atoms with Gasteiger partial charge in [0.1, 0.15) is 0 Å². The van der Waals surface area contributed by atoms with Gasteiger partial charge < -0.3 is 0 Å². The third-order valence-corrected chi connectivity index (χ3v) is 0.493. The minimum absolute atomic E-state index is 1.15. The van der Waals surface area contributed by atoms with Crippen LogP contribution in [0.25, 0.3) is 0 Å². The van der Waals surface area contributed by atoms with Gasteiger partial charge in [-0.1, -0.05) is 0 Å². The van der Waals surface area contributed by atoms with E-state index in [0.717, 1.165) is 6.42 Å². The van der Waals surface area contributed by atoms with E-state index in [-0.39, 0.29) is 0 Å². The summed E-state index contributed by atoms with van der Waals surface area (Å²) in [5.41, 5.74) is 0. The standard InChI is InChI=1S/C4H7.Li/c1-3-4-2;/h3H,1-2,4H2;. The van der Waals surface area contributed by atoms with Crippen molar-refractivity contribution in [1.82, 2.24) is 0 Å². The molecule has 0 aliphatic rings. The normalized spacial score (nSPS) is 7.60. The van der Waals surface area contributed by atoms with Gasteiger partial charge in [-0.2, -0.15) is 0 Å². The zero-order valence-corrected chi connectivity index (χ0v) is 3.70. The van der Waals surface area contributed by atoms with Crippen molar-refractivity contribution >= 4 is 17.7 Å². The number of hydrogen-bond donors (Lipinski definition) is 0. The second kappa shape index (κ2) is 4.34. The van der Waals surface area contributed by atoms with Gasteiger partial charge in [-0.3, -0.25) is 0 Å². The van der Waals surface area contributed by atoms with Gasteiger partial charge in [-0.05, 0) is 0 Å². The summed E-state index contributed by atoms with van der Waals surface area (Å²) in [5.74, 6) is 0. The summed E-state index contributed by atoms with van der Waals surface area (Å²) in [6, 6.07) is 0. The van der Waals surface area contributed by atoms with Crippen LogP contribution in [0.1, 0.15) is 6.42 Å². The van der Waals surface area contributed by atoms with Crippen LogP contribution in [0.5, 0.6) is 0 Å². The van der Waals surface area contributed by atoms with Crippen molar-refractivity contribution in [1.29, 1.82) is 0 Å². The average molecular weight is 62.0 g/mol. The van der Waals surface area contributed by atoms with E-state index >= 15 is 0 Å². The van der Waals surface area contributed by atoms with Gasteiger partial charge in [0.2, 0.25) is 0 Å². The maximum absolute atomic E-state index is 3.55. The molecule has 0 aliphatic carbocycles. The Morgan fingerprint density at radius 1 is 1.80 bits per heavy atom. The van der Waals surface area contributed by atoms with E-state index in [0.29, 0.717) is 0 Å². The molecule has 0 aliphatic heterocycles. The number of rotatable bonds is 2. The van der Waals surface area contributed by atoms with Gasteiger partial charge in [0.05, 0.1) is 0 Å². The monoisotopic (exact) mass is 62.1 g/mol. The Kier molecular flexibility index (Phi) is 4.63. The molecule has 0 nitrogen and oxygen atoms in total. The van der Waals surface area contributed by atoms with Gasteiger partial charge in [-0.15, -0.1) is 0 Å².